The van der Waals surface area contributed by atoms with Crippen molar-refractivity contribution in [3.63, 3.8) is 0 Å². The van der Waals surface area contributed by atoms with Gasteiger partial charge in [-0.15, -0.1) is 11.3 Å². The number of hydrogen-bond donors (Lipinski definition) is 0. The molecule has 1 aliphatic heterocycles. The minimum absolute atomic E-state index is 0.413. The third-order valence-corrected chi connectivity index (χ3v) is 5.90. The molecule has 0 radical (unpaired) electrons. The molecule has 0 bridgehead atoms. The monoisotopic (exact) mass is 351 g/mol. The van der Waals surface area contributed by atoms with Crippen LogP contribution < -0.4 is 4.90 Å². The summed E-state index contributed by atoms with van der Waals surface area (Å²) in [6, 6.07) is 3.98. The van der Waals surface area contributed by atoms with Gasteiger partial charge in [-0.3, -0.25) is 0 Å². The number of alkyl halides is 2. The van der Waals surface area contributed by atoms with E-state index in [1.54, 1.807) is 18.4 Å². The Morgan fingerprint density at radius 2 is 2.08 bits per heavy atom. The molecule has 2 aromatic rings. The fraction of sp³-hybridized carbons (Fsp3) is 0.529. The Hall–Kier alpha value is -1.60. The fourth-order valence-electron chi connectivity index (χ4n) is 3.44. The van der Waals surface area contributed by atoms with E-state index in [0.717, 1.165) is 33.4 Å². The largest absolute Gasteiger partial charge is 0.379 e. The molecule has 0 N–H and O–H groups in total. The van der Waals surface area contributed by atoms with Crippen molar-refractivity contribution in [2.75, 3.05) is 25.1 Å². The number of aromatic nitrogens is 2. The summed E-state index contributed by atoms with van der Waals surface area (Å²) in [4.78, 5) is 12.1. The van der Waals surface area contributed by atoms with Crippen LogP contribution in [-0.2, 0) is 17.8 Å². The molecule has 0 amide bonds. The van der Waals surface area contributed by atoms with Crippen LogP contribution >= 0.6 is 11.3 Å². The molecular weight excluding hydrogens is 332 g/mol. The number of piperidine rings is 1. The maximum Gasteiger partial charge on any atom is 0.258 e. The summed E-state index contributed by atoms with van der Waals surface area (Å²) in [6.07, 6.45) is 2.58. The average molecular weight is 351 g/mol. The van der Waals surface area contributed by atoms with Crippen molar-refractivity contribution in [2.45, 2.75) is 25.9 Å². The van der Waals surface area contributed by atoms with E-state index in [2.05, 4.69) is 9.97 Å². The van der Waals surface area contributed by atoms with Gasteiger partial charge in [-0.25, -0.2) is 18.7 Å². The van der Waals surface area contributed by atoms with Gasteiger partial charge < -0.3 is 9.64 Å². The molecule has 7 heteroatoms. The van der Waals surface area contributed by atoms with E-state index in [4.69, 9.17) is 4.74 Å². The number of pyridine rings is 1. The molecule has 4 rings (SSSR count). The van der Waals surface area contributed by atoms with E-state index in [1.165, 1.54) is 0 Å². The Bertz CT molecular complexity index is 750. The first-order valence-corrected chi connectivity index (χ1v) is 8.82. The highest BCUT2D eigenvalue weighted by atomic mass is 32.1. The van der Waals surface area contributed by atoms with Crippen LogP contribution in [0.25, 0.3) is 0 Å². The van der Waals surface area contributed by atoms with Gasteiger partial charge in [0.2, 0.25) is 0 Å². The van der Waals surface area contributed by atoms with E-state index in [1.807, 2.05) is 30.2 Å². The first-order valence-electron chi connectivity index (χ1n) is 8.01. The van der Waals surface area contributed by atoms with Crippen LogP contribution in [-0.4, -0.2) is 36.1 Å². The van der Waals surface area contributed by atoms with Gasteiger partial charge >= 0.3 is 0 Å². The van der Waals surface area contributed by atoms with Crippen LogP contribution in [0.5, 0.6) is 0 Å². The SMILES string of the molecule is COCc1cnc(Cc2ccc(N3CC4C(C3)C4(F)F)nc2C)s1. The Kier molecular flexibility index (Phi) is 3.80. The summed E-state index contributed by atoms with van der Waals surface area (Å²) in [6.45, 7) is 3.37. The summed E-state index contributed by atoms with van der Waals surface area (Å²) >= 11 is 1.64. The van der Waals surface area contributed by atoms with Crippen molar-refractivity contribution in [2.24, 2.45) is 11.8 Å². The molecule has 4 nitrogen and oxygen atoms in total. The number of aryl methyl sites for hydroxylation is 1. The van der Waals surface area contributed by atoms with E-state index in [0.29, 0.717) is 19.7 Å². The smallest absolute Gasteiger partial charge is 0.258 e. The molecule has 3 heterocycles. The van der Waals surface area contributed by atoms with E-state index >= 15 is 0 Å². The van der Waals surface area contributed by atoms with Crippen LogP contribution in [0, 0.1) is 18.8 Å². The second-order valence-electron chi connectivity index (χ2n) is 6.54. The van der Waals surface area contributed by atoms with E-state index in [9.17, 15) is 8.78 Å². The van der Waals surface area contributed by atoms with Gasteiger partial charge in [0, 0.05) is 38.5 Å². The van der Waals surface area contributed by atoms with E-state index < -0.39 is 17.8 Å². The van der Waals surface area contributed by atoms with Gasteiger partial charge in [0.1, 0.15) is 5.82 Å². The molecule has 1 saturated heterocycles. The Labute approximate surface area is 143 Å². The normalized spacial score (nSPS) is 24.2. The molecule has 0 spiro atoms. The Balaban J connectivity index is 1.44. The average Bonchev–Trinajstić information content (AvgIpc) is 3.00. The second-order valence-corrected chi connectivity index (χ2v) is 7.74. The number of hydrogen-bond acceptors (Lipinski definition) is 5. The van der Waals surface area contributed by atoms with Crippen LogP contribution in [0.2, 0.25) is 0 Å². The number of thiazole rings is 1. The van der Waals surface area contributed by atoms with Gasteiger partial charge in [-0.1, -0.05) is 6.07 Å². The maximum absolute atomic E-state index is 13.3. The third kappa shape index (κ3) is 2.69. The summed E-state index contributed by atoms with van der Waals surface area (Å²) in [5, 5.41) is 1.03. The molecule has 128 valence electrons. The lowest BCUT2D eigenvalue weighted by Gasteiger charge is -2.21. The van der Waals surface area contributed by atoms with Crippen molar-refractivity contribution >= 4 is 17.2 Å². The van der Waals surface area contributed by atoms with Crippen molar-refractivity contribution in [1.29, 1.82) is 0 Å². The summed E-state index contributed by atoms with van der Waals surface area (Å²) in [5.74, 6) is -2.60. The van der Waals surface area contributed by atoms with Crippen LogP contribution in [0.3, 0.4) is 0 Å². The minimum Gasteiger partial charge on any atom is -0.379 e. The van der Waals surface area contributed by atoms with Crippen LogP contribution in [0.15, 0.2) is 18.3 Å². The highest BCUT2D eigenvalue weighted by Crippen LogP contribution is 2.59. The van der Waals surface area contributed by atoms with Crippen molar-refractivity contribution in [3.05, 3.63) is 39.5 Å². The summed E-state index contributed by atoms with van der Waals surface area (Å²) in [5.41, 5.74) is 2.05. The zero-order valence-corrected chi connectivity index (χ0v) is 14.4. The Morgan fingerprint density at radius 1 is 1.33 bits per heavy atom. The number of fused-ring (bicyclic) bond motifs is 1. The molecule has 1 saturated carbocycles. The van der Waals surface area contributed by atoms with Gasteiger partial charge in [0.05, 0.1) is 28.3 Å². The number of methoxy groups -OCH3 is 1. The molecule has 1 aliphatic carbocycles. The summed E-state index contributed by atoms with van der Waals surface area (Å²) < 4.78 is 31.7. The van der Waals surface area contributed by atoms with Crippen LogP contribution in [0.1, 0.15) is 21.1 Å². The molecule has 0 aromatic carbocycles. The molecule has 2 atom stereocenters. The number of rotatable bonds is 5. The van der Waals surface area contributed by atoms with Gasteiger partial charge in [-0.05, 0) is 18.6 Å². The zero-order chi connectivity index (χ0) is 16.9. The first-order chi connectivity index (χ1) is 11.5. The van der Waals surface area contributed by atoms with Gasteiger partial charge in [0.15, 0.2) is 0 Å². The maximum atomic E-state index is 13.3. The molecule has 24 heavy (non-hydrogen) atoms. The number of halogens is 2. The van der Waals surface area contributed by atoms with Crippen molar-refractivity contribution in [3.8, 4) is 0 Å². The van der Waals surface area contributed by atoms with Gasteiger partial charge in [-0.2, -0.15) is 0 Å². The minimum atomic E-state index is -2.45. The standard InChI is InChI=1S/C17H19F2N3OS/c1-10-11(5-16-20-6-12(24-16)9-23-2)3-4-15(21-10)22-7-13-14(8-22)17(13,18)19/h3-4,6,13-14H,5,7-9H2,1-2H3. The zero-order valence-electron chi connectivity index (χ0n) is 13.6. The van der Waals surface area contributed by atoms with Crippen molar-refractivity contribution in [1.82, 2.24) is 9.97 Å². The first kappa shape index (κ1) is 15.9. The second kappa shape index (κ2) is 5.74. The van der Waals surface area contributed by atoms with Gasteiger partial charge in [0.25, 0.3) is 5.92 Å². The molecule has 2 aromatic heterocycles. The lowest BCUT2D eigenvalue weighted by atomic mass is 10.1. The molecule has 2 unspecified atom stereocenters. The number of nitrogens with zero attached hydrogens (tertiary/aromatic N) is 3. The third-order valence-electron chi connectivity index (χ3n) is 4.93. The fourth-order valence-corrected chi connectivity index (χ4v) is 4.35. The molecular formula is C17H19F2N3OS. The topological polar surface area (TPSA) is 38.2 Å². The quantitative estimate of drug-likeness (QED) is 0.829. The molecule has 2 fully saturated rings. The predicted octanol–water partition coefficient (Wildman–Crippen LogP) is 3.29. The van der Waals surface area contributed by atoms with E-state index in [-0.39, 0.29) is 0 Å². The lowest BCUT2D eigenvalue weighted by molar-refractivity contribution is 0.0797. The number of anilines is 1. The predicted molar refractivity (Wildman–Crippen MR) is 88.7 cm³/mol. The lowest BCUT2D eigenvalue weighted by Crippen LogP contribution is -2.28. The van der Waals surface area contributed by atoms with Crippen molar-refractivity contribution < 1.29 is 13.5 Å². The number of ether oxygens (including phenoxy) is 1. The summed E-state index contributed by atoms with van der Waals surface area (Å²) in [7, 11) is 1.67. The van der Waals surface area contributed by atoms with Crippen LogP contribution in [0.4, 0.5) is 14.6 Å². The highest BCUT2D eigenvalue weighted by Gasteiger charge is 2.71. The highest BCUT2D eigenvalue weighted by molar-refractivity contribution is 7.11. The Morgan fingerprint density at radius 3 is 2.75 bits per heavy atom. The molecule has 2 aliphatic rings.